The summed E-state index contributed by atoms with van der Waals surface area (Å²) < 4.78 is 13.8. The predicted molar refractivity (Wildman–Crippen MR) is 56.6 cm³/mol. The van der Waals surface area contributed by atoms with Crippen molar-refractivity contribution in [3.05, 3.63) is 34.1 Å². The fraction of sp³-hybridized carbons (Fsp3) is 0.200. The molecular weight excluding hydrogens is 283 g/mol. The number of halogens is 2. The average molecular weight is 291 g/mol. The third kappa shape index (κ3) is 3.03. The third-order valence-electron chi connectivity index (χ3n) is 2.04. The molecule has 0 saturated heterocycles. The lowest BCUT2D eigenvalue weighted by atomic mass is 9.99. The van der Waals surface area contributed by atoms with E-state index in [1.54, 1.807) is 0 Å². The lowest BCUT2D eigenvalue weighted by molar-refractivity contribution is -0.154. The molecule has 86 valence electrons. The van der Waals surface area contributed by atoms with Crippen LogP contribution in [0.15, 0.2) is 22.7 Å². The van der Waals surface area contributed by atoms with E-state index in [0.717, 1.165) is 6.07 Å². The highest BCUT2D eigenvalue weighted by Gasteiger charge is 2.26. The number of rotatable bonds is 4. The van der Waals surface area contributed by atoms with Gasteiger partial charge in [0.05, 0.1) is 0 Å². The zero-order valence-corrected chi connectivity index (χ0v) is 9.57. The summed E-state index contributed by atoms with van der Waals surface area (Å²) in [6.45, 7) is 0. The van der Waals surface area contributed by atoms with Gasteiger partial charge in [0.1, 0.15) is 5.82 Å². The molecule has 0 aliphatic carbocycles. The zero-order valence-electron chi connectivity index (χ0n) is 7.98. The normalized spacial score (nSPS) is 10.4. The molecular formula is C10H8BrFO4. The van der Waals surface area contributed by atoms with Crippen LogP contribution in [0, 0.1) is 11.7 Å². The second-order valence-corrected chi connectivity index (χ2v) is 4.08. The van der Waals surface area contributed by atoms with Gasteiger partial charge in [-0.15, -0.1) is 0 Å². The standard InChI is InChI=1S/C10H8BrFO4/c11-6-2-1-5(8(12)4-6)3-7(9(13)14)10(15)16/h1-2,4,7H,3H2,(H,13,14)(H,15,16). The Hall–Kier alpha value is -1.43. The second-order valence-electron chi connectivity index (χ2n) is 3.17. The van der Waals surface area contributed by atoms with Crippen molar-refractivity contribution in [2.75, 3.05) is 0 Å². The van der Waals surface area contributed by atoms with Crippen LogP contribution in [0.2, 0.25) is 0 Å². The quantitative estimate of drug-likeness (QED) is 0.831. The first-order valence-electron chi connectivity index (χ1n) is 4.31. The Morgan fingerprint density at radius 2 is 1.88 bits per heavy atom. The molecule has 1 rings (SSSR count). The smallest absolute Gasteiger partial charge is 0.318 e. The lowest BCUT2D eigenvalue weighted by Crippen LogP contribution is -2.25. The van der Waals surface area contributed by atoms with Gasteiger partial charge in [-0.1, -0.05) is 22.0 Å². The molecule has 6 heteroatoms. The molecule has 1 aromatic rings. The number of hydrogen-bond acceptors (Lipinski definition) is 2. The maximum Gasteiger partial charge on any atom is 0.318 e. The van der Waals surface area contributed by atoms with Crippen LogP contribution in [-0.2, 0) is 16.0 Å². The Bertz CT molecular complexity index is 419. The summed E-state index contributed by atoms with van der Waals surface area (Å²) in [7, 11) is 0. The molecule has 1 aromatic carbocycles. The molecule has 0 saturated carbocycles. The Labute approximate surface area is 98.8 Å². The van der Waals surface area contributed by atoms with E-state index in [4.69, 9.17) is 10.2 Å². The molecule has 0 radical (unpaired) electrons. The number of carboxylic acid groups (broad SMARTS) is 2. The summed E-state index contributed by atoms with van der Waals surface area (Å²) in [4.78, 5) is 21.2. The minimum absolute atomic E-state index is 0.0676. The van der Waals surface area contributed by atoms with Crippen LogP contribution in [0.5, 0.6) is 0 Å². The van der Waals surface area contributed by atoms with E-state index in [1.807, 2.05) is 0 Å². The molecule has 0 spiro atoms. The van der Waals surface area contributed by atoms with E-state index in [9.17, 15) is 14.0 Å². The largest absolute Gasteiger partial charge is 0.481 e. The van der Waals surface area contributed by atoms with Crippen molar-refractivity contribution in [2.24, 2.45) is 5.92 Å². The topological polar surface area (TPSA) is 74.6 Å². The van der Waals surface area contributed by atoms with Gasteiger partial charge in [-0.05, 0) is 24.1 Å². The minimum atomic E-state index is -1.63. The van der Waals surface area contributed by atoms with Gasteiger partial charge in [-0.25, -0.2) is 4.39 Å². The first-order valence-corrected chi connectivity index (χ1v) is 5.10. The Morgan fingerprint density at radius 3 is 2.31 bits per heavy atom. The van der Waals surface area contributed by atoms with Crippen LogP contribution in [0.1, 0.15) is 5.56 Å². The van der Waals surface area contributed by atoms with Crippen molar-refractivity contribution < 1.29 is 24.2 Å². The van der Waals surface area contributed by atoms with Gasteiger partial charge >= 0.3 is 11.9 Å². The van der Waals surface area contributed by atoms with Gasteiger partial charge in [0.25, 0.3) is 0 Å². The highest BCUT2D eigenvalue weighted by Crippen LogP contribution is 2.18. The van der Waals surface area contributed by atoms with Gasteiger partial charge in [0.15, 0.2) is 5.92 Å². The van der Waals surface area contributed by atoms with Crippen molar-refractivity contribution in [1.82, 2.24) is 0 Å². The van der Waals surface area contributed by atoms with Crippen molar-refractivity contribution in [2.45, 2.75) is 6.42 Å². The highest BCUT2D eigenvalue weighted by molar-refractivity contribution is 9.10. The number of benzene rings is 1. The van der Waals surface area contributed by atoms with Crippen LogP contribution in [0.4, 0.5) is 4.39 Å². The van der Waals surface area contributed by atoms with E-state index >= 15 is 0 Å². The Kier molecular flexibility index (Phi) is 4.00. The zero-order chi connectivity index (χ0) is 12.3. The van der Waals surface area contributed by atoms with Crippen LogP contribution in [0.3, 0.4) is 0 Å². The van der Waals surface area contributed by atoms with E-state index in [1.165, 1.54) is 12.1 Å². The van der Waals surface area contributed by atoms with Crippen molar-refractivity contribution in [3.63, 3.8) is 0 Å². The van der Waals surface area contributed by atoms with Gasteiger partial charge in [0, 0.05) is 4.47 Å². The molecule has 0 aliphatic rings. The fourth-order valence-corrected chi connectivity index (χ4v) is 1.52. The first-order chi connectivity index (χ1) is 7.41. The highest BCUT2D eigenvalue weighted by atomic mass is 79.9. The third-order valence-corrected chi connectivity index (χ3v) is 2.53. The molecule has 0 amide bonds. The predicted octanol–water partition coefficient (Wildman–Crippen LogP) is 1.92. The van der Waals surface area contributed by atoms with Crippen LogP contribution in [-0.4, -0.2) is 22.2 Å². The van der Waals surface area contributed by atoms with Crippen LogP contribution >= 0.6 is 15.9 Å². The molecule has 0 atom stereocenters. The first kappa shape index (κ1) is 12.6. The summed E-state index contributed by atoms with van der Waals surface area (Å²) in [5, 5.41) is 17.3. The van der Waals surface area contributed by atoms with E-state index < -0.39 is 23.7 Å². The second kappa shape index (κ2) is 5.07. The molecule has 0 bridgehead atoms. The number of hydrogen-bond donors (Lipinski definition) is 2. The lowest BCUT2D eigenvalue weighted by Gasteiger charge is -2.08. The van der Waals surface area contributed by atoms with Gasteiger partial charge < -0.3 is 10.2 Å². The van der Waals surface area contributed by atoms with E-state index in [0.29, 0.717) is 4.47 Å². The molecule has 0 unspecified atom stereocenters. The molecule has 16 heavy (non-hydrogen) atoms. The maximum absolute atomic E-state index is 13.3. The number of carboxylic acids is 2. The number of aliphatic carboxylic acids is 2. The minimum Gasteiger partial charge on any atom is -0.481 e. The number of carbonyl (C=O) groups is 2. The Balaban J connectivity index is 2.94. The molecule has 0 aliphatic heterocycles. The summed E-state index contributed by atoms with van der Waals surface area (Å²) in [6, 6.07) is 4.05. The van der Waals surface area contributed by atoms with Crippen LogP contribution in [0.25, 0.3) is 0 Å². The van der Waals surface area contributed by atoms with Crippen molar-refractivity contribution >= 4 is 27.9 Å². The molecule has 0 heterocycles. The van der Waals surface area contributed by atoms with Gasteiger partial charge in [-0.2, -0.15) is 0 Å². The monoisotopic (exact) mass is 290 g/mol. The van der Waals surface area contributed by atoms with Gasteiger partial charge in [0.2, 0.25) is 0 Å². The summed E-state index contributed by atoms with van der Waals surface area (Å²) in [5.74, 6) is -5.21. The molecule has 0 fully saturated rings. The van der Waals surface area contributed by atoms with Crippen molar-refractivity contribution in [3.8, 4) is 0 Å². The van der Waals surface area contributed by atoms with Gasteiger partial charge in [-0.3, -0.25) is 9.59 Å². The summed E-state index contributed by atoms with van der Waals surface area (Å²) in [5.41, 5.74) is 0.0676. The SMILES string of the molecule is O=C(O)C(Cc1ccc(Br)cc1F)C(=O)O. The summed E-state index contributed by atoms with van der Waals surface area (Å²) in [6.07, 6.45) is -0.371. The fourth-order valence-electron chi connectivity index (χ4n) is 1.19. The van der Waals surface area contributed by atoms with Crippen molar-refractivity contribution in [1.29, 1.82) is 0 Å². The van der Waals surface area contributed by atoms with Crippen LogP contribution < -0.4 is 0 Å². The Morgan fingerprint density at radius 1 is 1.31 bits per heavy atom. The molecule has 4 nitrogen and oxygen atoms in total. The van der Waals surface area contributed by atoms with E-state index in [2.05, 4.69) is 15.9 Å². The maximum atomic E-state index is 13.3. The summed E-state index contributed by atoms with van der Waals surface area (Å²) >= 11 is 3.05. The molecule has 2 N–H and O–H groups in total. The average Bonchev–Trinajstić information content (AvgIpc) is 2.15. The van der Waals surface area contributed by atoms with E-state index in [-0.39, 0.29) is 12.0 Å². The molecule has 0 aromatic heterocycles.